The molecule has 1 heterocycles. The SMILES string of the molecule is COC(=O)[C@]12CN(C(=O)/C=C/c3ccccc3OC)C[C@H]1[C@]1(c3cccc(C)c3)CC[C@H]2c2ccccc21. The van der Waals surface area contributed by atoms with Crippen LogP contribution in [0.1, 0.15) is 46.6 Å². The van der Waals surface area contributed by atoms with E-state index in [0.29, 0.717) is 18.8 Å². The van der Waals surface area contributed by atoms with Crippen molar-refractivity contribution in [2.45, 2.75) is 31.1 Å². The highest BCUT2D eigenvalue weighted by atomic mass is 16.5. The lowest BCUT2D eigenvalue weighted by atomic mass is 9.42. The average Bonchev–Trinajstić information content (AvgIpc) is 3.40. The first-order chi connectivity index (χ1) is 18.5. The number of para-hydroxylation sites is 1. The van der Waals surface area contributed by atoms with Gasteiger partial charge < -0.3 is 14.4 Å². The van der Waals surface area contributed by atoms with Crippen LogP contribution in [0.2, 0.25) is 0 Å². The van der Waals surface area contributed by atoms with Gasteiger partial charge in [-0.3, -0.25) is 9.59 Å². The molecule has 0 radical (unpaired) electrons. The molecule has 5 heteroatoms. The fourth-order valence-corrected chi connectivity index (χ4v) is 7.79. The zero-order chi connectivity index (χ0) is 26.5. The number of hydrogen-bond acceptors (Lipinski definition) is 4. The Morgan fingerprint density at radius 1 is 1.00 bits per heavy atom. The van der Waals surface area contributed by atoms with Gasteiger partial charge in [0, 0.05) is 42.0 Å². The van der Waals surface area contributed by atoms with E-state index in [1.807, 2.05) is 29.2 Å². The van der Waals surface area contributed by atoms with E-state index in [1.165, 1.54) is 29.4 Å². The second-order valence-corrected chi connectivity index (χ2v) is 10.9. The van der Waals surface area contributed by atoms with Crippen LogP contribution in [0.25, 0.3) is 6.08 Å². The maximum absolute atomic E-state index is 13.8. The summed E-state index contributed by atoms with van der Waals surface area (Å²) in [6.07, 6.45) is 5.23. The number of fused-ring (bicyclic) bond motifs is 1. The monoisotopic (exact) mass is 507 g/mol. The van der Waals surface area contributed by atoms with Gasteiger partial charge in [-0.05, 0) is 48.6 Å². The quantitative estimate of drug-likeness (QED) is 0.338. The molecule has 2 bridgehead atoms. The number of likely N-dealkylation sites (tertiary alicyclic amines) is 1. The largest absolute Gasteiger partial charge is 0.496 e. The second kappa shape index (κ2) is 9.16. The van der Waals surface area contributed by atoms with Gasteiger partial charge in [0.25, 0.3) is 0 Å². The van der Waals surface area contributed by atoms with E-state index in [-0.39, 0.29) is 29.1 Å². The number of esters is 1. The molecule has 0 aromatic heterocycles. The van der Waals surface area contributed by atoms with Crippen LogP contribution in [0.15, 0.2) is 78.9 Å². The van der Waals surface area contributed by atoms with Gasteiger partial charge in [0.1, 0.15) is 5.75 Å². The predicted octanol–water partition coefficient (Wildman–Crippen LogP) is 5.51. The number of nitrogens with zero attached hydrogens (tertiary/aromatic N) is 1. The summed E-state index contributed by atoms with van der Waals surface area (Å²) in [7, 11) is 3.10. The number of ether oxygens (including phenoxy) is 2. The first-order valence-electron chi connectivity index (χ1n) is 13.3. The molecule has 0 unspecified atom stereocenters. The number of amides is 1. The molecule has 1 aliphatic heterocycles. The number of carbonyl (C=O) groups is 2. The molecule has 4 aliphatic rings. The van der Waals surface area contributed by atoms with E-state index >= 15 is 0 Å². The molecule has 0 N–H and O–H groups in total. The van der Waals surface area contributed by atoms with Gasteiger partial charge in [-0.25, -0.2) is 0 Å². The van der Waals surface area contributed by atoms with Gasteiger partial charge in [0.2, 0.25) is 5.91 Å². The Balaban J connectivity index is 1.47. The van der Waals surface area contributed by atoms with E-state index in [0.717, 1.165) is 18.4 Å². The fourth-order valence-electron chi connectivity index (χ4n) is 7.79. The molecule has 7 rings (SSSR count). The Kier molecular flexibility index (Phi) is 5.90. The molecule has 3 aliphatic carbocycles. The summed E-state index contributed by atoms with van der Waals surface area (Å²) in [4.78, 5) is 29.4. The Morgan fingerprint density at radius 3 is 2.58 bits per heavy atom. The zero-order valence-corrected chi connectivity index (χ0v) is 22.1. The molecule has 3 aromatic rings. The van der Waals surface area contributed by atoms with Crippen LogP contribution < -0.4 is 4.74 Å². The minimum atomic E-state index is -0.793. The number of hydrogen-bond donors (Lipinski definition) is 0. The molecular formula is C33H33NO4. The van der Waals surface area contributed by atoms with Gasteiger partial charge in [0.15, 0.2) is 0 Å². The van der Waals surface area contributed by atoms with Crippen LogP contribution >= 0.6 is 0 Å². The number of rotatable bonds is 5. The first kappa shape index (κ1) is 24.5. The second-order valence-electron chi connectivity index (χ2n) is 10.9. The van der Waals surface area contributed by atoms with E-state index in [2.05, 4.69) is 55.5 Å². The topological polar surface area (TPSA) is 55.8 Å². The van der Waals surface area contributed by atoms with E-state index in [4.69, 9.17) is 9.47 Å². The van der Waals surface area contributed by atoms with E-state index in [9.17, 15) is 9.59 Å². The minimum Gasteiger partial charge on any atom is -0.496 e. The van der Waals surface area contributed by atoms with Crippen molar-refractivity contribution in [3.05, 3.63) is 107 Å². The van der Waals surface area contributed by atoms with Gasteiger partial charge in [-0.1, -0.05) is 72.3 Å². The van der Waals surface area contributed by atoms with Crippen molar-refractivity contribution in [3.8, 4) is 5.75 Å². The summed E-state index contributed by atoms with van der Waals surface area (Å²) in [5.74, 6) is 0.337. The summed E-state index contributed by atoms with van der Waals surface area (Å²) >= 11 is 0. The molecule has 1 saturated heterocycles. The lowest BCUT2D eigenvalue weighted by Gasteiger charge is -2.59. The number of methoxy groups -OCH3 is 2. The summed E-state index contributed by atoms with van der Waals surface area (Å²) in [6, 6.07) is 24.9. The van der Waals surface area contributed by atoms with Crippen LogP contribution in [0.3, 0.4) is 0 Å². The Morgan fingerprint density at radius 2 is 1.79 bits per heavy atom. The zero-order valence-electron chi connectivity index (χ0n) is 22.1. The number of carbonyl (C=O) groups excluding carboxylic acids is 2. The lowest BCUT2D eigenvalue weighted by Crippen LogP contribution is -2.60. The number of aryl methyl sites for hydroxylation is 1. The van der Waals surface area contributed by atoms with E-state index < -0.39 is 5.41 Å². The third kappa shape index (κ3) is 3.37. The van der Waals surface area contributed by atoms with Gasteiger partial charge in [0.05, 0.1) is 19.6 Å². The summed E-state index contributed by atoms with van der Waals surface area (Å²) < 4.78 is 11.0. The Labute approximate surface area is 224 Å². The smallest absolute Gasteiger partial charge is 0.314 e. The van der Waals surface area contributed by atoms with Crippen molar-refractivity contribution >= 4 is 18.0 Å². The maximum Gasteiger partial charge on any atom is 0.314 e. The first-order valence-corrected chi connectivity index (χ1v) is 13.3. The van der Waals surface area contributed by atoms with Crippen LogP contribution in [0.5, 0.6) is 5.75 Å². The van der Waals surface area contributed by atoms with Crippen molar-refractivity contribution in [1.82, 2.24) is 4.90 Å². The number of benzene rings is 3. The van der Waals surface area contributed by atoms with Crippen LogP contribution in [-0.4, -0.2) is 44.1 Å². The summed E-state index contributed by atoms with van der Waals surface area (Å²) in [5, 5.41) is 0. The molecule has 5 nitrogen and oxygen atoms in total. The summed E-state index contributed by atoms with van der Waals surface area (Å²) in [6.45, 7) is 2.97. The van der Waals surface area contributed by atoms with Gasteiger partial charge in [-0.15, -0.1) is 0 Å². The molecule has 38 heavy (non-hydrogen) atoms. The molecule has 1 saturated carbocycles. The third-order valence-electron chi connectivity index (χ3n) is 9.29. The van der Waals surface area contributed by atoms with Crippen LogP contribution in [0, 0.1) is 18.3 Å². The average molecular weight is 508 g/mol. The minimum absolute atomic E-state index is 0.0128. The van der Waals surface area contributed by atoms with Gasteiger partial charge in [-0.2, -0.15) is 0 Å². The van der Waals surface area contributed by atoms with Crippen LogP contribution in [-0.2, 0) is 19.7 Å². The van der Waals surface area contributed by atoms with Crippen molar-refractivity contribution in [3.63, 3.8) is 0 Å². The Hall–Kier alpha value is -3.86. The molecule has 1 amide bonds. The molecule has 4 atom stereocenters. The van der Waals surface area contributed by atoms with Crippen LogP contribution in [0.4, 0.5) is 0 Å². The van der Waals surface area contributed by atoms with Crippen molar-refractivity contribution in [2.24, 2.45) is 11.3 Å². The maximum atomic E-state index is 13.8. The highest BCUT2D eigenvalue weighted by Gasteiger charge is 2.71. The standard InChI is InChI=1S/C33H33NO4/c1-22-9-8-11-24(19-22)32-18-17-27(25-12-5-6-13-26(25)32)33(31(36)38-3)21-34(20-29(32)33)30(35)16-15-23-10-4-7-14-28(23)37-2/h4-16,19,27,29H,17-18,20-21H2,1-3H3/b16-15+/t27-,29-,32-,33-/m0/s1. The Bertz CT molecular complexity index is 1440. The van der Waals surface area contributed by atoms with Crippen molar-refractivity contribution < 1.29 is 19.1 Å². The van der Waals surface area contributed by atoms with E-state index in [1.54, 1.807) is 19.3 Å². The lowest BCUT2D eigenvalue weighted by molar-refractivity contribution is -0.161. The molecule has 0 spiro atoms. The molecule has 2 fully saturated rings. The van der Waals surface area contributed by atoms with Crippen molar-refractivity contribution in [1.29, 1.82) is 0 Å². The summed E-state index contributed by atoms with van der Waals surface area (Å²) in [5.41, 5.74) is 4.61. The van der Waals surface area contributed by atoms with Gasteiger partial charge >= 0.3 is 5.97 Å². The molecule has 3 aromatic carbocycles. The highest BCUT2D eigenvalue weighted by Crippen LogP contribution is 2.69. The fraction of sp³-hybridized carbons (Fsp3) is 0.333. The van der Waals surface area contributed by atoms with Crippen molar-refractivity contribution in [2.75, 3.05) is 27.3 Å². The third-order valence-corrected chi connectivity index (χ3v) is 9.29. The molecular weight excluding hydrogens is 474 g/mol. The predicted molar refractivity (Wildman–Crippen MR) is 147 cm³/mol. The normalized spacial score (nSPS) is 27.2. The highest BCUT2D eigenvalue weighted by molar-refractivity contribution is 5.94. The molecule has 194 valence electrons.